The van der Waals surface area contributed by atoms with Crippen LogP contribution in [0.4, 0.5) is 8.78 Å². The summed E-state index contributed by atoms with van der Waals surface area (Å²) in [6.45, 7) is 13.9. The Labute approximate surface area is 283 Å². The first kappa shape index (κ1) is 35.2. The molecule has 0 radical (unpaired) electrons. The van der Waals surface area contributed by atoms with Crippen LogP contribution in [0.1, 0.15) is 90.5 Å². The van der Waals surface area contributed by atoms with Crippen LogP contribution in [0.5, 0.6) is 0 Å². The Hall–Kier alpha value is -4.07. The summed E-state index contributed by atoms with van der Waals surface area (Å²) >= 11 is 0. The zero-order chi connectivity index (χ0) is 34.6. The molecule has 1 aromatic heterocycles. The van der Waals surface area contributed by atoms with Crippen molar-refractivity contribution in [1.82, 2.24) is 4.57 Å². The number of carbonyl (C=O) groups excluding carboxylic acids is 1. The molecule has 1 aliphatic rings. The number of nitrogens with zero attached hydrogens (tertiary/aromatic N) is 1. The topological polar surface area (TPSA) is 49.7 Å². The maximum atomic E-state index is 16.9. The van der Waals surface area contributed by atoms with Gasteiger partial charge in [-0.05, 0) is 94.0 Å². The molecule has 7 heteroatoms. The van der Waals surface area contributed by atoms with Crippen LogP contribution in [0.3, 0.4) is 0 Å². The summed E-state index contributed by atoms with van der Waals surface area (Å²) < 4.78 is 51.4. The number of benzene rings is 3. The van der Waals surface area contributed by atoms with E-state index in [9.17, 15) is 9.18 Å². The highest BCUT2D eigenvalue weighted by molar-refractivity contribution is 5.95. The van der Waals surface area contributed by atoms with E-state index in [1.54, 1.807) is 18.2 Å². The molecule has 4 aromatic rings. The van der Waals surface area contributed by atoms with Gasteiger partial charge in [-0.3, -0.25) is 4.79 Å². The minimum atomic E-state index is -0.905. The van der Waals surface area contributed by atoms with E-state index in [2.05, 4.69) is 18.4 Å². The maximum Gasteiger partial charge on any atom is 0.308 e. The first-order valence-corrected chi connectivity index (χ1v) is 16.8. The van der Waals surface area contributed by atoms with E-state index >= 15 is 4.39 Å². The average Bonchev–Trinajstić information content (AvgIpc) is 3.35. The third kappa shape index (κ3) is 8.69. The van der Waals surface area contributed by atoms with Gasteiger partial charge in [0.25, 0.3) is 0 Å². The molecule has 3 aromatic carbocycles. The van der Waals surface area contributed by atoms with Crippen molar-refractivity contribution >= 4 is 17.9 Å². The van der Waals surface area contributed by atoms with Crippen molar-refractivity contribution in [3.63, 3.8) is 0 Å². The number of esters is 1. The first-order valence-electron chi connectivity index (χ1n) is 16.8. The number of ether oxygens (including phenoxy) is 3. The van der Waals surface area contributed by atoms with Gasteiger partial charge in [0.2, 0.25) is 0 Å². The number of aromatic nitrogens is 1. The normalized spacial score (nSPS) is 18.2. The van der Waals surface area contributed by atoms with E-state index < -0.39 is 11.4 Å². The molecule has 2 atom stereocenters. The largest absolute Gasteiger partial charge is 0.460 e. The number of rotatable bonds is 10. The van der Waals surface area contributed by atoms with Crippen LogP contribution in [0.25, 0.3) is 34.3 Å². The molecule has 0 amide bonds. The highest BCUT2D eigenvalue weighted by Crippen LogP contribution is 2.46. The number of carbonyl (C=O) groups is 1. The fourth-order valence-corrected chi connectivity index (χ4v) is 6.64. The molecular weight excluding hydrogens is 608 g/mol. The van der Waals surface area contributed by atoms with Gasteiger partial charge in [-0.1, -0.05) is 74.5 Å². The molecule has 0 bridgehead atoms. The first-order chi connectivity index (χ1) is 22.7. The van der Waals surface area contributed by atoms with Gasteiger partial charge in [0.1, 0.15) is 17.2 Å². The van der Waals surface area contributed by atoms with Gasteiger partial charge in [0.05, 0.1) is 24.3 Å². The van der Waals surface area contributed by atoms with Crippen LogP contribution in [0.15, 0.2) is 84.9 Å². The molecular formula is C41H47F2NO4. The summed E-state index contributed by atoms with van der Waals surface area (Å²) in [6, 6.07) is 25.7. The molecule has 0 aliphatic carbocycles. The van der Waals surface area contributed by atoms with Gasteiger partial charge in [0, 0.05) is 29.8 Å². The van der Waals surface area contributed by atoms with Crippen molar-refractivity contribution < 1.29 is 27.8 Å². The van der Waals surface area contributed by atoms with Gasteiger partial charge < -0.3 is 18.8 Å². The average molecular weight is 656 g/mol. The van der Waals surface area contributed by atoms with E-state index in [0.717, 1.165) is 33.6 Å². The molecule has 254 valence electrons. The fraction of sp³-hybridized carbons (Fsp3) is 0.390. The van der Waals surface area contributed by atoms with Crippen LogP contribution in [0.2, 0.25) is 0 Å². The van der Waals surface area contributed by atoms with Crippen LogP contribution >= 0.6 is 0 Å². The second-order valence-electron chi connectivity index (χ2n) is 14.3. The van der Waals surface area contributed by atoms with E-state index in [0.29, 0.717) is 24.9 Å². The van der Waals surface area contributed by atoms with Crippen molar-refractivity contribution in [2.45, 2.75) is 104 Å². The summed E-state index contributed by atoms with van der Waals surface area (Å²) in [4.78, 5) is 12.7. The maximum absolute atomic E-state index is 16.9. The van der Waals surface area contributed by atoms with E-state index in [4.69, 9.17) is 14.2 Å². The smallest absolute Gasteiger partial charge is 0.308 e. The monoisotopic (exact) mass is 655 g/mol. The molecule has 1 saturated heterocycles. The van der Waals surface area contributed by atoms with Crippen molar-refractivity contribution in [2.24, 2.45) is 0 Å². The van der Waals surface area contributed by atoms with Gasteiger partial charge in [-0.2, -0.15) is 0 Å². The lowest BCUT2D eigenvalue weighted by Gasteiger charge is -2.41. The predicted octanol–water partition coefficient (Wildman–Crippen LogP) is 10.6. The second kappa shape index (κ2) is 14.6. The highest BCUT2D eigenvalue weighted by atomic mass is 19.1. The van der Waals surface area contributed by atoms with Gasteiger partial charge in [-0.25, -0.2) is 8.78 Å². The lowest BCUT2D eigenvalue weighted by Crippen LogP contribution is -2.46. The fourth-order valence-electron chi connectivity index (χ4n) is 6.64. The number of hydrogen-bond donors (Lipinski definition) is 0. The van der Waals surface area contributed by atoms with Crippen molar-refractivity contribution in [3.05, 3.63) is 108 Å². The quantitative estimate of drug-likeness (QED) is 0.160. The predicted molar refractivity (Wildman–Crippen MR) is 188 cm³/mol. The molecule has 0 unspecified atom stereocenters. The lowest BCUT2D eigenvalue weighted by molar-refractivity contribution is -0.301. The highest BCUT2D eigenvalue weighted by Gasteiger charge is 2.38. The van der Waals surface area contributed by atoms with Crippen LogP contribution in [-0.2, 0) is 25.5 Å². The zero-order valence-corrected chi connectivity index (χ0v) is 29.1. The van der Waals surface area contributed by atoms with Gasteiger partial charge in [0.15, 0.2) is 5.79 Å². The Morgan fingerprint density at radius 1 is 0.938 bits per heavy atom. The minimum Gasteiger partial charge on any atom is -0.460 e. The Morgan fingerprint density at radius 3 is 2.15 bits per heavy atom. The standard InChI is InChI=1S/C41H47F2NO4/c1-27(2)38-37(34(43)24-28-14-10-8-11-15-28)36(29-16-12-9-13-17-29)39(30-18-20-31(42)21-19-30)44(38)23-22-32-25-33(47-41(6,7)46-32)26-35(45)48-40(3,4)5/h8-21,24,27,32-33H,22-23,25-26H2,1-7H3/b34-24-/t32-,33-/m1/s1. The molecule has 0 spiro atoms. The number of hydrogen-bond acceptors (Lipinski definition) is 4. The molecule has 0 saturated carbocycles. The van der Waals surface area contributed by atoms with E-state index in [1.165, 1.54) is 12.1 Å². The lowest BCUT2D eigenvalue weighted by atomic mass is 9.93. The second-order valence-corrected chi connectivity index (χ2v) is 14.3. The Morgan fingerprint density at radius 2 is 1.54 bits per heavy atom. The van der Waals surface area contributed by atoms with Gasteiger partial charge in [-0.15, -0.1) is 0 Å². The molecule has 48 heavy (non-hydrogen) atoms. The SMILES string of the molecule is CC(C)c1c(/C(F)=C/c2ccccc2)c(-c2ccccc2)c(-c2ccc(F)cc2)n1CC[C@@H]1C[C@H](CC(=O)OC(C)(C)C)OC(C)(C)O1. The summed E-state index contributed by atoms with van der Waals surface area (Å²) in [6.07, 6.45) is 2.18. The summed E-state index contributed by atoms with van der Waals surface area (Å²) in [5.41, 5.74) is 4.75. The minimum absolute atomic E-state index is 0.0569. The van der Waals surface area contributed by atoms with Crippen molar-refractivity contribution in [1.29, 1.82) is 0 Å². The Kier molecular flexibility index (Phi) is 10.7. The van der Waals surface area contributed by atoms with Crippen LogP contribution < -0.4 is 0 Å². The summed E-state index contributed by atoms with van der Waals surface area (Å²) in [5, 5.41) is 0. The van der Waals surface area contributed by atoms with E-state index in [1.807, 2.05) is 95.3 Å². The van der Waals surface area contributed by atoms with Crippen LogP contribution in [-0.4, -0.2) is 34.1 Å². The van der Waals surface area contributed by atoms with Crippen LogP contribution in [0, 0.1) is 5.82 Å². The molecule has 2 heterocycles. The molecule has 5 rings (SSSR count). The van der Waals surface area contributed by atoms with Crippen molar-refractivity contribution in [2.75, 3.05) is 0 Å². The van der Waals surface area contributed by atoms with Crippen molar-refractivity contribution in [3.8, 4) is 22.4 Å². The molecule has 1 fully saturated rings. The third-order valence-corrected chi connectivity index (χ3v) is 8.28. The molecule has 0 N–H and O–H groups in total. The molecule has 5 nitrogen and oxygen atoms in total. The molecule has 1 aliphatic heterocycles. The number of halogens is 2. The Balaban J connectivity index is 1.61. The Bertz CT molecular complexity index is 1720. The van der Waals surface area contributed by atoms with E-state index in [-0.39, 0.29) is 42.2 Å². The zero-order valence-electron chi connectivity index (χ0n) is 29.1. The third-order valence-electron chi connectivity index (χ3n) is 8.28. The van der Waals surface area contributed by atoms with Gasteiger partial charge >= 0.3 is 5.97 Å². The summed E-state index contributed by atoms with van der Waals surface area (Å²) in [7, 11) is 0. The summed E-state index contributed by atoms with van der Waals surface area (Å²) in [5.74, 6) is -1.96.